The summed E-state index contributed by atoms with van der Waals surface area (Å²) in [7, 11) is 0. The summed E-state index contributed by atoms with van der Waals surface area (Å²) in [5.74, 6) is -0.244. The Morgan fingerprint density at radius 2 is 2.21 bits per heavy atom. The lowest BCUT2D eigenvalue weighted by atomic mass is 10.2. The zero-order valence-corrected chi connectivity index (χ0v) is 11.3. The largest absolute Gasteiger partial charge is 0.346 e. The first kappa shape index (κ1) is 13.7. The van der Waals surface area contributed by atoms with Crippen LogP contribution in [0, 0.1) is 5.82 Å². The molecule has 0 bridgehead atoms. The molecule has 2 aromatic rings. The van der Waals surface area contributed by atoms with Gasteiger partial charge in [0.2, 0.25) is 0 Å². The lowest BCUT2D eigenvalue weighted by Gasteiger charge is -2.04. The topological polar surface area (TPSA) is 45.7 Å². The molecule has 1 heterocycles. The number of halogens is 1. The summed E-state index contributed by atoms with van der Waals surface area (Å²) in [5.41, 5.74) is 0.949. The first-order valence-corrected chi connectivity index (χ1v) is 7.01. The summed E-state index contributed by atoms with van der Waals surface area (Å²) in [6.07, 6.45) is 0. The average Bonchev–Trinajstić information content (AvgIpc) is 2.92. The van der Waals surface area contributed by atoms with Crippen LogP contribution in [-0.4, -0.2) is 19.0 Å². The summed E-state index contributed by atoms with van der Waals surface area (Å²) in [5, 5.41) is 6.77. The molecule has 19 heavy (non-hydrogen) atoms. The Hall–Kier alpha value is -1.72. The fraction of sp³-hybridized carbons (Fsp3) is 0.214. The minimum absolute atomic E-state index is 0.0332. The molecule has 1 amide bonds. The summed E-state index contributed by atoms with van der Waals surface area (Å²) < 4.78 is 12.9. The van der Waals surface area contributed by atoms with Crippen molar-refractivity contribution in [3.63, 3.8) is 0 Å². The fourth-order valence-corrected chi connectivity index (χ4v) is 2.36. The van der Waals surface area contributed by atoms with E-state index in [0.29, 0.717) is 13.1 Å². The molecule has 3 N–H and O–H groups in total. The van der Waals surface area contributed by atoms with Crippen LogP contribution >= 0.6 is 11.3 Å². The first-order chi connectivity index (χ1) is 9.25. The maximum Gasteiger partial charge on any atom is 0.261 e. The van der Waals surface area contributed by atoms with Gasteiger partial charge < -0.3 is 10.6 Å². The molecule has 100 valence electrons. The standard InChI is InChI=1S/C14H15FN2OS/c15-12-4-1-3-11(9-12)10-16-6-7-17-14(18)13-5-2-8-19-13/h1-5,8-9,16H,6-7,10H2,(H,17,18)/p+1. The van der Waals surface area contributed by atoms with E-state index in [1.165, 1.54) is 23.5 Å². The van der Waals surface area contributed by atoms with Crippen LogP contribution < -0.4 is 10.6 Å². The summed E-state index contributed by atoms with van der Waals surface area (Å²) in [4.78, 5) is 12.3. The Kier molecular flexibility index (Phi) is 5.06. The molecule has 0 aliphatic heterocycles. The van der Waals surface area contributed by atoms with E-state index in [4.69, 9.17) is 0 Å². The van der Waals surface area contributed by atoms with Gasteiger partial charge in [0.1, 0.15) is 12.4 Å². The third kappa shape index (κ3) is 4.46. The van der Waals surface area contributed by atoms with E-state index in [0.717, 1.165) is 17.0 Å². The first-order valence-electron chi connectivity index (χ1n) is 6.13. The van der Waals surface area contributed by atoms with E-state index in [1.54, 1.807) is 12.1 Å². The second-order valence-electron chi connectivity index (χ2n) is 4.14. The second kappa shape index (κ2) is 7.01. The van der Waals surface area contributed by atoms with E-state index in [2.05, 4.69) is 5.32 Å². The number of amides is 1. The number of thiophene rings is 1. The van der Waals surface area contributed by atoms with Crippen LogP contribution in [0.1, 0.15) is 15.2 Å². The highest BCUT2D eigenvalue weighted by Crippen LogP contribution is 2.07. The Labute approximate surface area is 115 Å². The van der Waals surface area contributed by atoms with Gasteiger partial charge in [-0.3, -0.25) is 4.79 Å². The van der Waals surface area contributed by atoms with Gasteiger partial charge in [0.15, 0.2) is 0 Å². The molecule has 2 rings (SSSR count). The van der Waals surface area contributed by atoms with Crippen LogP contribution in [0.2, 0.25) is 0 Å². The molecule has 0 saturated heterocycles. The molecule has 0 atom stereocenters. The summed E-state index contributed by atoms with van der Waals surface area (Å²) in [6, 6.07) is 10.2. The van der Waals surface area contributed by atoms with Crippen LogP contribution in [-0.2, 0) is 6.54 Å². The number of carbonyl (C=O) groups excluding carboxylic acids is 1. The SMILES string of the molecule is O=C(NCC[NH2+]Cc1cccc(F)c1)c1cccs1. The van der Waals surface area contributed by atoms with Crippen molar-refractivity contribution < 1.29 is 14.5 Å². The van der Waals surface area contributed by atoms with Crippen molar-refractivity contribution in [2.24, 2.45) is 0 Å². The van der Waals surface area contributed by atoms with Crippen molar-refractivity contribution in [3.8, 4) is 0 Å². The molecule has 0 saturated carbocycles. The van der Waals surface area contributed by atoms with Gasteiger partial charge in [0.05, 0.1) is 18.0 Å². The molecule has 1 aromatic heterocycles. The number of benzene rings is 1. The highest BCUT2D eigenvalue weighted by atomic mass is 32.1. The van der Waals surface area contributed by atoms with Crippen LogP contribution in [0.5, 0.6) is 0 Å². The van der Waals surface area contributed by atoms with Crippen LogP contribution in [0.4, 0.5) is 4.39 Å². The van der Waals surface area contributed by atoms with E-state index in [9.17, 15) is 9.18 Å². The van der Waals surface area contributed by atoms with Gasteiger partial charge in [0.25, 0.3) is 5.91 Å². The average molecular weight is 279 g/mol. The molecule has 1 aromatic carbocycles. The lowest BCUT2D eigenvalue weighted by Crippen LogP contribution is -2.84. The van der Waals surface area contributed by atoms with Gasteiger partial charge in [-0.1, -0.05) is 18.2 Å². The number of hydrogen-bond acceptors (Lipinski definition) is 2. The van der Waals surface area contributed by atoms with Crippen molar-refractivity contribution >= 4 is 17.2 Å². The van der Waals surface area contributed by atoms with E-state index in [1.807, 2.05) is 22.8 Å². The molecule has 5 heteroatoms. The number of quaternary nitrogens is 1. The van der Waals surface area contributed by atoms with Gasteiger partial charge in [-0.25, -0.2) is 4.39 Å². The number of carbonyl (C=O) groups is 1. The van der Waals surface area contributed by atoms with Crippen LogP contribution in [0.3, 0.4) is 0 Å². The van der Waals surface area contributed by atoms with Gasteiger partial charge in [-0.15, -0.1) is 11.3 Å². The normalized spacial score (nSPS) is 10.4. The molecule has 0 radical (unpaired) electrons. The third-order valence-electron chi connectivity index (χ3n) is 2.65. The maximum atomic E-state index is 12.9. The van der Waals surface area contributed by atoms with Gasteiger partial charge in [0, 0.05) is 5.56 Å². The lowest BCUT2D eigenvalue weighted by molar-refractivity contribution is -0.668. The Balaban J connectivity index is 1.64. The zero-order chi connectivity index (χ0) is 13.5. The molecule has 0 aliphatic rings. The van der Waals surface area contributed by atoms with Crippen LogP contribution in [0.15, 0.2) is 41.8 Å². The number of nitrogens with one attached hydrogen (secondary N) is 1. The predicted molar refractivity (Wildman–Crippen MR) is 73.5 cm³/mol. The Bertz CT molecular complexity index is 528. The summed E-state index contributed by atoms with van der Waals surface area (Å²) in [6.45, 7) is 2.09. The molecule has 0 unspecified atom stereocenters. The Morgan fingerprint density at radius 3 is 2.95 bits per heavy atom. The van der Waals surface area contributed by atoms with E-state index in [-0.39, 0.29) is 11.7 Å². The highest BCUT2D eigenvalue weighted by Gasteiger charge is 2.05. The summed E-state index contributed by atoms with van der Waals surface area (Å²) >= 11 is 1.43. The fourth-order valence-electron chi connectivity index (χ4n) is 1.72. The molecular weight excluding hydrogens is 263 g/mol. The van der Waals surface area contributed by atoms with E-state index < -0.39 is 0 Å². The molecule has 3 nitrogen and oxygen atoms in total. The minimum atomic E-state index is -0.211. The predicted octanol–water partition coefficient (Wildman–Crippen LogP) is 1.38. The monoisotopic (exact) mass is 279 g/mol. The maximum absolute atomic E-state index is 12.9. The van der Waals surface area contributed by atoms with Crippen LogP contribution in [0.25, 0.3) is 0 Å². The Morgan fingerprint density at radius 1 is 1.32 bits per heavy atom. The van der Waals surface area contributed by atoms with Crippen molar-refractivity contribution in [2.45, 2.75) is 6.54 Å². The van der Waals surface area contributed by atoms with Gasteiger partial charge >= 0.3 is 0 Å². The molecule has 0 fully saturated rings. The molecular formula is C14H16FN2OS+. The molecule has 0 spiro atoms. The smallest absolute Gasteiger partial charge is 0.261 e. The number of rotatable bonds is 6. The number of hydrogen-bond donors (Lipinski definition) is 2. The highest BCUT2D eigenvalue weighted by molar-refractivity contribution is 7.12. The quantitative estimate of drug-likeness (QED) is 0.771. The van der Waals surface area contributed by atoms with Crippen molar-refractivity contribution in [2.75, 3.05) is 13.1 Å². The zero-order valence-electron chi connectivity index (χ0n) is 10.4. The van der Waals surface area contributed by atoms with Crippen molar-refractivity contribution in [3.05, 3.63) is 58.0 Å². The van der Waals surface area contributed by atoms with Gasteiger partial charge in [-0.05, 0) is 23.6 Å². The molecule has 0 aliphatic carbocycles. The second-order valence-corrected chi connectivity index (χ2v) is 5.09. The number of nitrogens with two attached hydrogens (primary N) is 1. The van der Waals surface area contributed by atoms with Crippen molar-refractivity contribution in [1.82, 2.24) is 5.32 Å². The van der Waals surface area contributed by atoms with Crippen molar-refractivity contribution in [1.29, 1.82) is 0 Å². The minimum Gasteiger partial charge on any atom is -0.346 e. The van der Waals surface area contributed by atoms with Gasteiger partial charge in [-0.2, -0.15) is 0 Å². The van der Waals surface area contributed by atoms with E-state index >= 15 is 0 Å². The third-order valence-corrected chi connectivity index (χ3v) is 3.52.